The fraction of sp³-hybridized carbons (Fsp3) is 0.667. The van der Waals surface area contributed by atoms with Gasteiger partial charge in [-0.3, -0.25) is 9.36 Å². The molecular weight excluding hydrogens is 220 g/mol. The Balaban J connectivity index is 2.21. The number of carbonyl (C=O) groups is 1. The highest BCUT2D eigenvalue weighted by molar-refractivity contribution is 5.74. The minimum absolute atomic E-state index is 0.232. The molecule has 0 atom stereocenters. The Hall–Kier alpha value is -1.52. The highest BCUT2D eigenvalue weighted by Crippen LogP contribution is 2.40. The molecular formula is C12H18N2O3. The van der Waals surface area contributed by atoms with Crippen molar-refractivity contribution in [3.8, 4) is 0 Å². The number of carboxylic acid groups (broad SMARTS) is 1. The van der Waals surface area contributed by atoms with Crippen LogP contribution >= 0.6 is 0 Å². The van der Waals surface area contributed by atoms with E-state index in [1.54, 1.807) is 12.4 Å². The average molecular weight is 238 g/mol. The van der Waals surface area contributed by atoms with Gasteiger partial charge >= 0.3 is 11.7 Å². The molecule has 2 N–H and O–H groups in total. The molecule has 0 radical (unpaired) electrons. The van der Waals surface area contributed by atoms with E-state index in [4.69, 9.17) is 0 Å². The highest BCUT2D eigenvalue weighted by atomic mass is 16.4. The lowest BCUT2D eigenvalue weighted by Crippen LogP contribution is -2.40. The van der Waals surface area contributed by atoms with Crippen LogP contribution in [0.4, 0.5) is 0 Å². The molecule has 17 heavy (non-hydrogen) atoms. The van der Waals surface area contributed by atoms with Crippen LogP contribution in [0, 0.1) is 11.3 Å². The molecule has 5 heteroatoms. The first-order valence-corrected chi connectivity index (χ1v) is 6.01. The Morgan fingerprint density at radius 2 is 2.24 bits per heavy atom. The van der Waals surface area contributed by atoms with Crippen molar-refractivity contribution in [1.82, 2.24) is 9.55 Å². The first-order valence-electron chi connectivity index (χ1n) is 6.01. The van der Waals surface area contributed by atoms with E-state index in [0.717, 1.165) is 12.8 Å². The summed E-state index contributed by atoms with van der Waals surface area (Å²) in [7, 11) is 0. The van der Waals surface area contributed by atoms with E-state index in [2.05, 4.69) is 11.9 Å². The molecule has 1 aromatic rings. The number of nitrogens with one attached hydrogen (secondary N) is 1. The zero-order valence-corrected chi connectivity index (χ0v) is 9.98. The molecule has 1 aliphatic rings. The van der Waals surface area contributed by atoms with Crippen molar-refractivity contribution in [1.29, 1.82) is 0 Å². The molecule has 2 rings (SSSR count). The van der Waals surface area contributed by atoms with Gasteiger partial charge in [0.2, 0.25) is 0 Å². The summed E-state index contributed by atoms with van der Waals surface area (Å²) in [4.78, 5) is 25.5. The maximum absolute atomic E-state index is 11.5. The van der Waals surface area contributed by atoms with Crippen molar-refractivity contribution >= 4 is 5.97 Å². The van der Waals surface area contributed by atoms with Crippen molar-refractivity contribution in [3.05, 3.63) is 22.9 Å². The molecule has 5 nitrogen and oxygen atoms in total. The van der Waals surface area contributed by atoms with Gasteiger partial charge in [-0.2, -0.15) is 0 Å². The number of hydrogen-bond donors (Lipinski definition) is 2. The Morgan fingerprint density at radius 1 is 1.59 bits per heavy atom. The van der Waals surface area contributed by atoms with Gasteiger partial charge in [-0.15, -0.1) is 0 Å². The molecule has 1 aromatic heterocycles. The largest absolute Gasteiger partial charge is 0.481 e. The zero-order valence-electron chi connectivity index (χ0n) is 9.98. The van der Waals surface area contributed by atoms with E-state index in [1.807, 2.05) is 0 Å². The molecule has 1 aliphatic carbocycles. The van der Waals surface area contributed by atoms with Gasteiger partial charge in [0.05, 0.1) is 5.41 Å². The second-order valence-electron chi connectivity index (χ2n) is 5.16. The Morgan fingerprint density at radius 3 is 2.71 bits per heavy atom. The van der Waals surface area contributed by atoms with Gasteiger partial charge in [0, 0.05) is 18.9 Å². The Labute approximate surface area is 99.5 Å². The molecule has 1 saturated carbocycles. The van der Waals surface area contributed by atoms with Gasteiger partial charge in [-0.1, -0.05) is 6.92 Å². The van der Waals surface area contributed by atoms with Gasteiger partial charge in [0.25, 0.3) is 0 Å². The molecule has 94 valence electrons. The maximum Gasteiger partial charge on any atom is 0.325 e. The van der Waals surface area contributed by atoms with Gasteiger partial charge in [-0.05, 0) is 31.6 Å². The van der Waals surface area contributed by atoms with E-state index < -0.39 is 11.4 Å². The quantitative estimate of drug-likeness (QED) is 0.837. The van der Waals surface area contributed by atoms with E-state index >= 15 is 0 Å². The van der Waals surface area contributed by atoms with Gasteiger partial charge in [-0.25, -0.2) is 4.79 Å². The lowest BCUT2D eigenvalue weighted by atomic mass is 9.71. The number of aromatic amines is 1. The summed E-state index contributed by atoms with van der Waals surface area (Å²) in [6, 6.07) is 0. The van der Waals surface area contributed by atoms with Crippen molar-refractivity contribution in [2.75, 3.05) is 0 Å². The van der Waals surface area contributed by atoms with Crippen LogP contribution in [0.3, 0.4) is 0 Å². The topological polar surface area (TPSA) is 75.1 Å². The molecule has 0 unspecified atom stereocenters. The van der Waals surface area contributed by atoms with Crippen LogP contribution < -0.4 is 5.69 Å². The molecule has 0 spiro atoms. The van der Waals surface area contributed by atoms with E-state index in [0.29, 0.717) is 18.8 Å². The van der Waals surface area contributed by atoms with Crippen LogP contribution in [0.1, 0.15) is 32.6 Å². The van der Waals surface area contributed by atoms with Gasteiger partial charge in [0.15, 0.2) is 0 Å². The number of nitrogens with zero attached hydrogens (tertiary/aromatic N) is 1. The van der Waals surface area contributed by atoms with Crippen LogP contribution in [0.15, 0.2) is 17.2 Å². The van der Waals surface area contributed by atoms with Crippen LogP contribution in [0.5, 0.6) is 0 Å². The molecule has 0 bridgehead atoms. The zero-order chi connectivity index (χ0) is 12.5. The molecule has 1 heterocycles. The molecule has 0 saturated heterocycles. The number of imidazole rings is 1. The SMILES string of the molecule is CC1CCC(Cn2cc[nH]c2=O)(C(=O)O)CC1. The van der Waals surface area contributed by atoms with E-state index in [-0.39, 0.29) is 12.2 Å². The predicted molar refractivity (Wildman–Crippen MR) is 62.8 cm³/mol. The van der Waals surface area contributed by atoms with Gasteiger partial charge < -0.3 is 10.1 Å². The third-order valence-corrected chi connectivity index (χ3v) is 3.88. The lowest BCUT2D eigenvalue weighted by molar-refractivity contribution is -0.152. The summed E-state index contributed by atoms with van der Waals surface area (Å²) >= 11 is 0. The maximum atomic E-state index is 11.5. The Kier molecular flexibility index (Phi) is 3.09. The molecule has 0 amide bonds. The third-order valence-electron chi connectivity index (χ3n) is 3.88. The smallest absolute Gasteiger partial charge is 0.325 e. The van der Waals surface area contributed by atoms with Crippen molar-refractivity contribution in [2.24, 2.45) is 11.3 Å². The number of carboxylic acids is 1. The summed E-state index contributed by atoms with van der Waals surface area (Å²) in [5.74, 6) is -0.192. The summed E-state index contributed by atoms with van der Waals surface area (Å²) in [5.41, 5.74) is -0.998. The lowest BCUT2D eigenvalue weighted by Gasteiger charge is -2.35. The van der Waals surface area contributed by atoms with Crippen molar-refractivity contribution in [3.63, 3.8) is 0 Å². The normalized spacial score (nSPS) is 29.1. The summed E-state index contributed by atoms with van der Waals surface area (Å²) in [6.45, 7) is 2.42. The van der Waals surface area contributed by atoms with Gasteiger partial charge in [0.1, 0.15) is 0 Å². The second-order valence-corrected chi connectivity index (χ2v) is 5.16. The first kappa shape index (κ1) is 12.0. The van der Waals surface area contributed by atoms with Crippen LogP contribution in [-0.2, 0) is 11.3 Å². The third kappa shape index (κ3) is 2.28. The van der Waals surface area contributed by atoms with Crippen LogP contribution in [-0.4, -0.2) is 20.6 Å². The number of aliphatic carboxylic acids is 1. The number of hydrogen-bond acceptors (Lipinski definition) is 2. The van der Waals surface area contributed by atoms with E-state index in [1.165, 1.54) is 4.57 Å². The first-order chi connectivity index (χ1) is 8.03. The number of aromatic nitrogens is 2. The number of H-pyrrole nitrogens is 1. The second kappa shape index (κ2) is 4.39. The summed E-state index contributed by atoms with van der Waals surface area (Å²) < 4.78 is 1.46. The molecule has 0 aliphatic heterocycles. The predicted octanol–water partition coefficient (Wildman–Crippen LogP) is 1.46. The molecule has 1 fully saturated rings. The van der Waals surface area contributed by atoms with Crippen molar-refractivity contribution in [2.45, 2.75) is 39.2 Å². The standard InChI is InChI=1S/C12H18N2O3/c1-9-2-4-12(5-3-9,10(15)16)8-14-7-6-13-11(14)17/h6-7,9H,2-5,8H2,1H3,(H,13,17)(H,15,16). The Bertz CT molecular complexity index is 452. The summed E-state index contributed by atoms with van der Waals surface area (Å²) in [6.07, 6.45) is 6.31. The fourth-order valence-electron chi connectivity index (χ4n) is 2.55. The van der Waals surface area contributed by atoms with E-state index in [9.17, 15) is 14.7 Å². The van der Waals surface area contributed by atoms with Crippen LogP contribution in [0.25, 0.3) is 0 Å². The minimum atomic E-state index is -0.780. The summed E-state index contributed by atoms with van der Waals surface area (Å²) in [5, 5.41) is 9.44. The van der Waals surface area contributed by atoms with Crippen molar-refractivity contribution < 1.29 is 9.90 Å². The molecule has 0 aromatic carbocycles. The average Bonchev–Trinajstić information content (AvgIpc) is 2.68. The number of rotatable bonds is 3. The minimum Gasteiger partial charge on any atom is -0.481 e. The fourth-order valence-corrected chi connectivity index (χ4v) is 2.55. The van der Waals surface area contributed by atoms with Crippen LogP contribution in [0.2, 0.25) is 0 Å². The monoisotopic (exact) mass is 238 g/mol. The highest BCUT2D eigenvalue weighted by Gasteiger charge is 2.41.